The third kappa shape index (κ3) is 1.38. The Hall–Kier alpha value is -0.930. The van der Waals surface area contributed by atoms with Crippen molar-refractivity contribution >= 4 is 0 Å². The van der Waals surface area contributed by atoms with Gasteiger partial charge in [-0.1, -0.05) is 19.9 Å². The summed E-state index contributed by atoms with van der Waals surface area (Å²) < 4.78 is 0. The van der Waals surface area contributed by atoms with Crippen LogP contribution in [0.15, 0.2) is 18.3 Å². The van der Waals surface area contributed by atoms with Gasteiger partial charge in [-0.25, -0.2) is 0 Å². The Kier molecular flexibility index (Phi) is 2.32. The Labute approximate surface area is 90.3 Å². The van der Waals surface area contributed by atoms with Crippen LogP contribution in [0.2, 0.25) is 0 Å². The first kappa shape index (κ1) is 10.6. The maximum absolute atomic E-state index is 9.57. The molecule has 0 saturated carbocycles. The monoisotopic (exact) mass is 206 g/mol. The largest absolute Gasteiger partial charge is 0.394 e. The molecular weight excluding hydrogens is 188 g/mol. The standard InChI is InChI=1S/C12H18N2O/c1-11(2)6-5-9-4-3-7-14-10(9)12(11,13)8-15/h3-4,7,15H,5-6,8,13H2,1-2H3. The van der Waals surface area contributed by atoms with E-state index in [1.807, 2.05) is 6.07 Å². The number of pyridine rings is 1. The van der Waals surface area contributed by atoms with Crippen LogP contribution in [0.4, 0.5) is 0 Å². The van der Waals surface area contributed by atoms with Crippen molar-refractivity contribution in [2.24, 2.45) is 11.1 Å². The van der Waals surface area contributed by atoms with Gasteiger partial charge in [-0.15, -0.1) is 0 Å². The van der Waals surface area contributed by atoms with E-state index in [1.165, 1.54) is 5.56 Å². The summed E-state index contributed by atoms with van der Waals surface area (Å²) in [7, 11) is 0. The second-order valence-electron chi connectivity index (χ2n) is 5.02. The Morgan fingerprint density at radius 2 is 2.27 bits per heavy atom. The van der Waals surface area contributed by atoms with Crippen LogP contribution in [0.25, 0.3) is 0 Å². The van der Waals surface area contributed by atoms with Gasteiger partial charge in [0.05, 0.1) is 17.8 Å². The van der Waals surface area contributed by atoms with E-state index in [1.54, 1.807) is 6.20 Å². The van der Waals surface area contributed by atoms with Crippen LogP contribution in [0.1, 0.15) is 31.5 Å². The maximum Gasteiger partial charge on any atom is 0.0871 e. The molecule has 15 heavy (non-hydrogen) atoms. The fourth-order valence-corrected chi connectivity index (χ4v) is 2.32. The van der Waals surface area contributed by atoms with Gasteiger partial charge in [0, 0.05) is 6.20 Å². The molecule has 0 radical (unpaired) electrons. The van der Waals surface area contributed by atoms with E-state index in [2.05, 4.69) is 24.9 Å². The molecule has 3 N–H and O–H groups in total. The Morgan fingerprint density at radius 3 is 2.93 bits per heavy atom. The van der Waals surface area contributed by atoms with Crippen LogP contribution in [0.3, 0.4) is 0 Å². The van der Waals surface area contributed by atoms with Crippen molar-refractivity contribution in [1.82, 2.24) is 4.98 Å². The number of aliphatic hydroxyl groups excluding tert-OH is 1. The molecule has 0 saturated heterocycles. The van der Waals surface area contributed by atoms with Crippen LogP contribution in [0.5, 0.6) is 0 Å². The zero-order chi connectivity index (χ0) is 11.1. The van der Waals surface area contributed by atoms with Gasteiger partial charge in [-0.05, 0) is 29.9 Å². The van der Waals surface area contributed by atoms with Crippen LogP contribution in [-0.2, 0) is 12.0 Å². The lowest BCUT2D eigenvalue weighted by Crippen LogP contribution is -2.56. The Bertz CT molecular complexity index is 376. The summed E-state index contributed by atoms with van der Waals surface area (Å²) in [6.45, 7) is 4.14. The number of nitrogens with zero attached hydrogens (tertiary/aromatic N) is 1. The average Bonchev–Trinajstić information content (AvgIpc) is 2.24. The van der Waals surface area contributed by atoms with Crippen LogP contribution >= 0.6 is 0 Å². The summed E-state index contributed by atoms with van der Waals surface area (Å²) in [6, 6.07) is 3.98. The molecule has 0 aliphatic heterocycles. The summed E-state index contributed by atoms with van der Waals surface area (Å²) >= 11 is 0. The van der Waals surface area contributed by atoms with Crippen molar-refractivity contribution in [3.8, 4) is 0 Å². The molecule has 1 unspecified atom stereocenters. The van der Waals surface area contributed by atoms with Gasteiger partial charge in [-0.3, -0.25) is 4.98 Å². The third-order valence-corrected chi connectivity index (χ3v) is 3.79. The van der Waals surface area contributed by atoms with Crippen molar-refractivity contribution in [2.45, 2.75) is 32.2 Å². The van der Waals surface area contributed by atoms with E-state index in [0.717, 1.165) is 18.5 Å². The smallest absolute Gasteiger partial charge is 0.0871 e. The van der Waals surface area contributed by atoms with Gasteiger partial charge >= 0.3 is 0 Å². The van der Waals surface area contributed by atoms with Crippen LogP contribution < -0.4 is 5.73 Å². The predicted molar refractivity (Wildman–Crippen MR) is 59.3 cm³/mol. The summed E-state index contributed by atoms with van der Waals surface area (Å²) in [5, 5.41) is 9.57. The van der Waals surface area contributed by atoms with E-state index in [4.69, 9.17) is 5.73 Å². The first-order valence-corrected chi connectivity index (χ1v) is 5.35. The van der Waals surface area contributed by atoms with E-state index in [-0.39, 0.29) is 12.0 Å². The number of nitrogens with two attached hydrogens (primary N) is 1. The predicted octanol–water partition coefficient (Wildman–Crippen LogP) is 1.20. The molecule has 0 bridgehead atoms. The molecule has 0 aromatic carbocycles. The lowest BCUT2D eigenvalue weighted by molar-refractivity contribution is 0.0594. The summed E-state index contributed by atoms with van der Waals surface area (Å²) in [5.74, 6) is 0. The molecule has 1 aliphatic carbocycles. The number of hydrogen-bond donors (Lipinski definition) is 2. The topological polar surface area (TPSA) is 59.1 Å². The van der Waals surface area contributed by atoms with Gasteiger partial charge < -0.3 is 10.8 Å². The highest BCUT2D eigenvalue weighted by Crippen LogP contribution is 2.45. The van der Waals surface area contributed by atoms with Gasteiger partial charge in [0.2, 0.25) is 0 Å². The summed E-state index contributed by atoms with van der Waals surface area (Å²) in [5.41, 5.74) is 7.56. The van der Waals surface area contributed by atoms with Gasteiger partial charge in [-0.2, -0.15) is 0 Å². The fraction of sp³-hybridized carbons (Fsp3) is 0.583. The van der Waals surface area contributed by atoms with E-state index in [9.17, 15) is 5.11 Å². The van der Waals surface area contributed by atoms with Crippen molar-refractivity contribution in [1.29, 1.82) is 0 Å². The van der Waals surface area contributed by atoms with Crippen LogP contribution in [-0.4, -0.2) is 16.7 Å². The zero-order valence-corrected chi connectivity index (χ0v) is 9.33. The lowest BCUT2D eigenvalue weighted by atomic mass is 9.63. The number of hydrogen-bond acceptors (Lipinski definition) is 3. The average molecular weight is 206 g/mol. The molecule has 1 heterocycles. The molecule has 3 heteroatoms. The second kappa shape index (κ2) is 3.29. The molecule has 1 aromatic rings. The summed E-state index contributed by atoms with van der Waals surface area (Å²) in [6.07, 6.45) is 3.73. The van der Waals surface area contributed by atoms with Crippen molar-refractivity contribution < 1.29 is 5.11 Å². The first-order chi connectivity index (χ1) is 7.01. The number of aryl methyl sites for hydroxylation is 1. The van der Waals surface area contributed by atoms with E-state index in [0.29, 0.717) is 0 Å². The molecule has 82 valence electrons. The fourth-order valence-electron chi connectivity index (χ4n) is 2.32. The first-order valence-electron chi connectivity index (χ1n) is 5.35. The highest BCUT2D eigenvalue weighted by molar-refractivity contribution is 5.32. The van der Waals surface area contributed by atoms with E-state index < -0.39 is 5.54 Å². The highest BCUT2D eigenvalue weighted by atomic mass is 16.3. The Morgan fingerprint density at radius 1 is 1.53 bits per heavy atom. The number of aromatic nitrogens is 1. The molecule has 1 aromatic heterocycles. The molecule has 0 amide bonds. The summed E-state index contributed by atoms with van der Waals surface area (Å²) in [4.78, 5) is 4.35. The SMILES string of the molecule is CC1(C)CCc2cccnc2C1(N)CO. The Balaban J connectivity index is 2.58. The van der Waals surface area contributed by atoms with E-state index >= 15 is 0 Å². The molecule has 2 rings (SSSR count). The van der Waals surface area contributed by atoms with Gasteiger partial charge in [0.25, 0.3) is 0 Å². The molecule has 0 fully saturated rings. The third-order valence-electron chi connectivity index (χ3n) is 3.79. The van der Waals surface area contributed by atoms with Gasteiger partial charge in [0.1, 0.15) is 0 Å². The zero-order valence-electron chi connectivity index (χ0n) is 9.33. The molecule has 1 atom stereocenters. The molecule has 3 nitrogen and oxygen atoms in total. The molecule has 1 aliphatic rings. The number of fused-ring (bicyclic) bond motifs is 1. The minimum Gasteiger partial charge on any atom is -0.394 e. The van der Waals surface area contributed by atoms with Crippen molar-refractivity contribution in [2.75, 3.05) is 6.61 Å². The number of rotatable bonds is 1. The maximum atomic E-state index is 9.57. The second-order valence-corrected chi connectivity index (χ2v) is 5.02. The minimum absolute atomic E-state index is 0.0516. The van der Waals surface area contributed by atoms with Crippen LogP contribution in [0, 0.1) is 5.41 Å². The highest BCUT2D eigenvalue weighted by Gasteiger charge is 2.47. The lowest BCUT2D eigenvalue weighted by Gasteiger charge is -2.46. The van der Waals surface area contributed by atoms with Crippen molar-refractivity contribution in [3.63, 3.8) is 0 Å². The van der Waals surface area contributed by atoms with Crippen molar-refractivity contribution in [3.05, 3.63) is 29.6 Å². The molecular formula is C12H18N2O. The molecule has 0 spiro atoms. The minimum atomic E-state index is -0.707. The quantitative estimate of drug-likeness (QED) is 0.726. The van der Waals surface area contributed by atoms with Gasteiger partial charge in [0.15, 0.2) is 0 Å². The number of aliphatic hydroxyl groups is 1. The normalized spacial score (nSPS) is 28.5.